The van der Waals surface area contributed by atoms with E-state index in [0.29, 0.717) is 23.1 Å². The summed E-state index contributed by atoms with van der Waals surface area (Å²) in [5, 5.41) is 2.86. The molecule has 0 unspecified atom stereocenters. The standard InChI is InChI=1S/C29H24N2O4/c1-19-17-25-26(18-20(19)2)35-28(31-25)21-13-15-22(16-14-21)30-27(32)29(33-23-9-5-3-6-10-23)34-24-11-7-4-8-12-24/h3-18,29H,1-2H3,(H,30,32). The van der Waals surface area contributed by atoms with Crippen LogP contribution in [-0.2, 0) is 4.79 Å². The molecule has 1 aromatic heterocycles. The van der Waals surface area contributed by atoms with Gasteiger partial charge in [-0.25, -0.2) is 4.98 Å². The second kappa shape index (κ2) is 9.73. The van der Waals surface area contributed by atoms with Gasteiger partial charge in [0, 0.05) is 11.3 Å². The zero-order valence-electron chi connectivity index (χ0n) is 19.4. The zero-order chi connectivity index (χ0) is 24.2. The Morgan fingerprint density at radius 3 is 1.97 bits per heavy atom. The summed E-state index contributed by atoms with van der Waals surface area (Å²) in [6.45, 7) is 4.10. The Hall–Kier alpha value is -4.58. The molecule has 1 amide bonds. The van der Waals surface area contributed by atoms with Gasteiger partial charge in [0.15, 0.2) is 5.58 Å². The molecular formula is C29H24N2O4. The molecule has 0 radical (unpaired) electrons. The van der Waals surface area contributed by atoms with Gasteiger partial charge in [0.05, 0.1) is 0 Å². The summed E-state index contributed by atoms with van der Waals surface area (Å²) in [6.07, 6.45) is -1.18. The minimum absolute atomic E-state index is 0.432. The van der Waals surface area contributed by atoms with Gasteiger partial charge in [0.25, 0.3) is 0 Å². The average molecular weight is 465 g/mol. The maximum Gasteiger partial charge on any atom is 0.321 e. The van der Waals surface area contributed by atoms with Crippen LogP contribution in [0.2, 0.25) is 0 Å². The molecule has 1 N–H and O–H groups in total. The van der Waals surface area contributed by atoms with E-state index in [9.17, 15) is 4.79 Å². The Kier molecular flexibility index (Phi) is 6.18. The second-order valence-corrected chi connectivity index (χ2v) is 8.18. The third kappa shape index (κ3) is 5.17. The van der Waals surface area contributed by atoms with Crippen molar-refractivity contribution in [2.24, 2.45) is 0 Å². The maximum atomic E-state index is 13.1. The van der Waals surface area contributed by atoms with Crippen molar-refractivity contribution in [2.45, 2.75) is 20.1 Å². The summed E-state index contributed by atoms with van der Waals surface area (Å²) in [7, 11) is 0. The third-order valence-electron chi connectivity index (χ3n) is 5.59. The number of ether oxygens (including phenoxy) is 2. The summed E-state index contributed by atoms with van der Waals surface area (Å²) in [5.41, 5.74) is 5.30. The molecule has 35 heavy (non-hydrogen) atoms. The van der Waals surface area contributed by atoms with E-state index in [2.05, 4.69) is 17.2 Å². The Morgan fingerprint density at radius 1 is 0.800 bits per heavy atom. The first-order chi connectivity index (χ1) is 17.0. The predicted molar refractivity (Wildman–Crippen MR) is 135 cm³/mol. The van der Waals surface area contributed by atoms with Gasteiger partial charge >= 0.3 is 12.2 Å². The van der Waals surface area contributed by atoms with Crippen LogP contribution in [0.1, 0.15) is 11.1 Å². The van der Waals surface area contributed by atoms with Gasteiger partial charge in [-0.05, 0) is 85.6 Å². The zero-order valence-corrected chi connectivity index (χ0v) is 19.4. The van der Waals surface area contributed by atoms with Crippen LogP contribution in [0, 0.1) is 13.8 Å². The molecule has 5 rings (SSSR count). The monoisotopic (exact) mass is 464 g/mol. The molecule has 0 atom stereocenters. The molecular weight excluding hydrogens is 440 g/mol. The van der Waals surface area contributed by atoms with Crippen LogP contribution in [0.4, 0.5) is 5.69 Å². The quantitative estimate of drug-likeness (QED) is 0.277. The van der Waals surface area contributed by atoms with Crippen LogP contribution < -0.4 is 14.8 Å². The number of carbonyl (C=O) groups excluding carboxylic acids is 1. The third-order valence-corrected chi connectivity index (χ3v) is 5.59. The van der Waals surface area contributed by atoms with Gasteiger partial charge in [-0.3, -0.25) is 4.79 Å². The topological polar surface area (TPSA) is 73.6 Å². The smallest absolute Gasteiger partial charge is 0.321 e. The summed E-state index contributed by atoms with van der Waals surface area (Å²) < 4.78 is 17.6. The molecule has 0 saturated carbocycles. The van der Waals surface area contributed by atoms with Crippen LogP contribution in [0.3, 0.4) is 0 Å². The van der Waals surface area contributed by atoms with Crippen molar-refractivity contribution in [3.63, 3.8) is 0 Å². The molecule has 6 heteroatoms. The van der Waals surface area contributed by atoms with E-state index < -0.39 is 12.2 Å². The molecule has 6 nitrogen and oxygen atoms in total. The van der Waals surface area contributed by atoms with Crippen molar-refractivity contribution < 1.29 is 18.7 Å². The van der Waals surface area contributed by atoms with Crippen molar-refractivity contribution in [1.82, 2.24) is 4.98 Å². The number of oxazole rings is 1. The molecule has 0 bridgehead atoms. The van der Waals surface area contributed by atoms with Crippen molar-refractivity contribution in [1.29, 1.82) is 0 Å². The number of hydrogen-bond acceptors (Lipinski definition) is 5. The summed E-state index contributed by atoms with van der Waals surface area (Å²) >= 11 is 0. The first-order valence-corrected chi connectivity index (χ1v) is 11.3. The lowest BCUT2D eigenvalue weighted by Crippen LogP contribution is -2.38. The number of aryl methyl sites for hydroxylation is 2. The largest absolute Gasteiger partial charge is 0.446 e. The van der Waals surface area contributed by atoms with E-state index in [0.717, 1.165) is 22.2 Å². The van der Waals surface area contributed by atoms with E-state index in [1.807, 2.05) is 67.6 Å². The summed E-state index contributed by atoms with van der Waals surface area (Å²) in [6, 6.07) is 29.5. The first kappa shape index (κ1) is 22.2. The van der Waals surface area contributed by atoms with Crippen LogP contribution in [-0.4, -0.2) is 17.2 Å². The van der Waals surface area contributed by atoms with Gasteiger partial charge in [0.1, 0.15) is 17.0 Å². The summed E-state index contributed by atoms with van der Waals surface area (Å²) in [4.78, 5) is 17.7. The minimum atomic E-state index is -1.18. The molecule has 0 saturated heterocycles. The number of rotatable bonds is 7. The van der Waals surface area contributed by atoms with Crippen LogP contribution in [0.15, 0.2) is 101 Å². The highest BCUT2D eigenvalue weighted by atomic mass is 16.7. The van der Waals surface area contributed by atoms with Crippen molar-refractivity contribution in [2.75, 3.05) is 5.32 Å². The number of fused-ring (bicyclic) bond motifs is 1. The molecule has 1 heterocycles. The lowest BCUT2D eigenvalue weighted by Gasteiger charge is -2.20. The number of aromatic nitrogens is 1. The number of anilines is 1. The van der Waals surface area contributed by atoms with Gasteiger partial charge in [0.2, 0.25) is 5.89 Å². The van der Waals surface area contributed by atoms with E-state index in [1.165, 1.54) is 5.56 Å². The van der Waals surface area contributed by atoms with Crippen LogP contribution in [0.25, 0.3) is 22.6 Å². The molecule has 4 aromatic carbocycles. The number of nitrogens with one attached hydrogen (secondary N) is 1. The average Bonchev–Trinajstić information content (AvgIpc) is 3.28. The number of nitrogens with zero attached hydrogens (tertiary/aromatic N) is 1. The SMILES string of the molecule is Cc1cc2nc(-c3ccc(NC(=O)C(Oc4ccccc4)Oc4ccccc4)cc3)oc2cc1C. The predicted octanol–water partition coefficient (Wildman–Crippen LogP) is 6.53. The fourth-order valence-electron chi connectivity index (χ4n) is 3.58. The van der Waals surface area contributed by atoms with Crippen LogP contribution in [0.5, 0.6) is 11.5 Å². The van der Waals surface area contributed by atoms with Crippen LogP contribution >= 0.6 is 0 Å². The van der Waals surface area contributed by atoms with E-state index in [1.54, 1.807) is 36.4 Å². The fourth-order valence-corrected chi connectivity index (χ4v) is 3.58. The Labute approximate surface area is 203 Å². The highest BCUT2D eigenvalue weighted by Crippen LogP contribution is 2.27. The first-order valence-electron chi connectivity index (χ1n) is 11.3. The molecule has 0 aliphatic rings. The van der Waals surface area contributed by atoms with Gasteiger partial charge in [-0.1, -0.05) is 36.4 Å². The Morgan fingerprint density at radius 2 is 1.37 bits per heavy atom. The normalized spacial score (nSPS) is 10.9. The Bertz CT molecular complexity index is 1360. The molecule has 0 aliphatic heterocycles. The second-order valence-electron chi connectivity index (χ2n) is 8.18. The number of carbonyl (C=O) groups is 1. The van der Waals surface area contributed by atoms with E-state index in [4.69, 9.17) is 13.9 Å². The lowest BCUT2D eigenvalue weighted by molar-refractivity contribution is -0.134. The highest BCUT2D eigenvalue weighted by molar-refractivity contribution is 5.94. The maximum absolute atomic E-state index is 13.1. The number of para-hydroxylation sites is 2. The van der Waals surface area contributed by atoms with Crippen molar-refractivity contribution in [3.05, 3.63) is 108 Å². The minimum Gasteiger partial charge on any atom is -0.446 e. The van der Waals surface area contributed by atoms with Gasteiger partial charge in [-0.2, -0.15) is 0 Å². The van der Waals surface area contributed by atoms with E-state index in [-0.39, 0.29) is 0 Å². The number of benzene rings is 4. The number of amides is 1. The fraction of sp³-hybridized carbons (Fsp3) is 0.103. The van der Waals surface area contributed by atoms with Gasteiger partial charge < -0.3 is 19.2 Å². The van der Waals surface area contributed by atoms with Gasteiger partial charge in [-0.15, -0.1) is 0 Å². The van der Waals surface area contributed by atoms with E-state index >= 15 is 0 Å². The lowest BCUT2D eigenvalue weighted by atomic mass is 10.1. The summed E-state index contributed by atoms with van der Waals surface area (Å²) in [5.74, 6) is 1.15. The van der Waals surface area contributed by atoms with Crippen molar-refractivity contribution in [3.8, 4) is 23.0 Å². The molecule has 0 aliphatic carbocycles. The molecule has 174 valence electrons. The molecule has 5 aromatic rings. The molecule has 0 spiro atoms. The van der Waals surface area contributed by atoms with Crippen molar-refractivity contribution >= 4 is 22.7 Å². The Balaban J connectivity index is 1.33. The molecule has 0 fully saturated rings. The highest BCUT2D eigenvalue weighted by Gasteiger charge is 2.23. The number of hydrogen-bond donors (Lipinski definition) is 1.